The molecular weight excluding hydrogens is 284 g/mol. The summed E-state index contributed by atoms with van der Waals surface area (Å²) in [5.74, 6) is 0. The normalized spacial score (nSPS) is 10.5. The first-order valence-electron chi connectivity index (χ1n) is 6.41. The van der Waals surface area contributed by atoms with E-state index in [1.54, 1.807) is 25.2 Å². The Bertz CT molecular complexity index is 937. The number of nitrogens with zero attached hydrogens (tertiary/aromatic N) is 2. The third-order valence-electron chi connectivity index (χ3n) is 3.53. The van der Waals surface area contributed by atoms with E-state index in [9.17, 15) is 10.1 Å². The molecule has 0 bridgehead atoms. The van der Waals surface area contributed by atoms with Gasteiger partial charge in [-0.15, -0.1) is 0 Å². The lowest BCUT2D eigenvalue weighted by Crippen LogP contribution is -2.20. The molecule has 0 atom stereocenters. The fraction of sp³-hybridized carbons (Fsp3) is 0.0588. The largest absolute Gasteiger partial charge is 0.302 e. The van der Waals surface area contributed by atoms with Crippen LogP contribution in [0.2, 0.25) is 5.02 Å². The van der Waals surface area contributed by atoms with Crippen LogP contribution in [0.4, 0.5) is 0 Å². The number of pyridine rings is 1. The Morgan fingerprint density at radius 3 is 2.48 bits per heavy atom. The molecule has 0 unspecified atom stereocenters. The molecule has 2 aromatic carbocycles. The van der Waals surface area contributed by atoms with E-state index in [2.05, 4.69) is 6.07 Å². The van der Waals surface area contributed by atoms with Gasteiger partial charge in [-0.05, 0) is 29.1 Å². The maximum atomic E-state index is 12.4. The lowest BCUT2D eigenvalue weighted by Gasteiger charge is -2.13. The van der Waals surface area contributed by atoms with Crippen molar-refractivity contribution in [3.63, 3.8) is 0 Å². The van der Waals surface area contributed by atoms with Gasteiger partial charge in [0.15, 0.2) is 0 Å². The standard InChI is InChI=1S/C17H11ClN2O/c1-20-15(10-19)16(11-5-3-2-4-6-11)14-9-12(18)7-8-13(14)17(20)21/h2-9H,1H3. The summed E-state index contributed by atoms with van der Waals surface area (Å²) in [5.41, 5.74) is 1.76. The van der Waals surface area contributed by atoms with Crippen molar-refractivity contribution in [2.75, 3.05) is 0 Å². The van der Waals surface area contributed by atoms with Crippen molar-refractivity contribution < 1.29 is 0 Å². The average Bonchev–Trinajstić information content (AvgIpc) is 2.51. The predicted molar refractivity (Wildman–Crippen MR) is 84.4 cm³/mol. The molecule has 4 heteroatoms. The van der Waals surface area contributed by atoms with Crippen LogP contribution in [-0.4, -0.2) is 4.57 Å². The first-order valence-corrected chi connectivity index (χ1v) is 6.79. The smallest absolute Gasteiger partial charge is 0.259 e. The molecule has 0 saturated heterocycles. The van der Waals surface area contributed by atoms with E-state index in [1.165, 1.54) is 4.57 Å². The fourth-order valence-electron chi connectivity index (χ4n) is 2.52. The maximum absolute atomic E-state index is 12.4. The number of fused-ring (bicyclic) bond motifs is 1. The van der Waals surface area contributed by atoms with Crippen LogP contribution in [0, 0.1) is 11.3 Å². The molecule has 3 nitrogen and oxygen atoms in total. The monoisotopic (exact) mass is 294 g/mol. The molecule has 0 radical (unpaired) electrons. The molecule has 3 rings (SSSR count). The Balaban J connectivity index is 2.58. The second-order valence-electron chi connectivity index (χ2n) is 4.76. The minimum Gasteiger partial charge on any atom is -0.302 e. The van der Waals surface area contributed by atoms with Crippen molar-refractivity contribution in [2.24, 2.45) is 7.05 Å². The number of hydrogen-bond donors (Lipinski definition) is 0. The van der Waals surface area contributed by atoms with Crippen LogP contribution in [0.3, 0.4) is 0 Å². The summed E-state index contributed by atoms with van der Waals surface area (Å²) >= 11 is 6.07. The van der Waals surface area contributed by atoms with E-state index in [1.807, 2.05) is 30.3 Å². The van der Waals surface area contributed by atoms with Crippen LogP contribution in [0.25, 0.3) is 21.9 Å². The highest BCUT2D eigenvalue weighted by Crippen LogP contribution is 2.31. The first-order chi connectivity index (χ1) is 10.1. The molecule has 0 fully saturated rings. The minimum atomic E-state index is -0.196. The summed E-state index contributed by atoms with van der Waals surface area (Å²) in [6.45, 7) is 0. The van der Waals surface area contributed by atoms with Crippen molar-refractivity contribution in [3.8, 4) is 17.2 Å². The van der Waals surface area contributed by atoms with Gasteiger partial charge in [0, 0.05) is 23.0 Å². The highest BCUT2D eigenvalue weighted by molar-refractivity contribution is 6.31. The van der Waals surface area contributed by atoms with Gasteiger partial charge in [0.1, 0.15) is 11.8 Å². The summed E-state index contributed by atoms with van der Waals surface area (Å²) in [4.78, 5) is 12.4. The van der Waals surface area contributed by atoms with E-state index in [4.69, 9.17) is 11.6 Å². The van der Waals surface area contributed by atoms with Gasteiger partial charge >= 0.3 is 0 Å². The molecule has 21 heavy (non-hydrogen) atoms. The van der Waals surface area contributed by atoms with E-state index < -0.39 is 0 Å². The van der Waals surface area contributed by atoms with Crippen molar-refractivity contribution in [3.05, 3.63) is 69.6 Å². The number of halogens is 1. The Hall–Kier alpha value is -2.57. The molecule has 3 aromatic rings. The van der Waals surface area contributed by atoms with E-state index in [0.717, 1.165) is 11.1 Å². The number of nitriles is 1. The zero-order valence-electron chi connectivity index (χ0n) is 11.3. The number of benzene rings is 2. The molecule has 0 aliphatic heterocycles. The van der Waals surface area contributed by atoms with Crippen LogP contribution >= 0.6 is 11.6 Å². The summed E-state index contributed by atoms with van der Waals surface area (Å²) in [7, 11) is 1.61. The molecular formula is C17H11ClN2O. The molecule has 1 heterocycles. The molecule has 0 spiro atoms. The van der Waals surface area contributed by atoms with E-state index >= 15 is 0 Å². The molecule has 0 aliphatic rings. The highest BCUT2D eigenvalue weighted by atomic mass is 35.5. The van der Waals surface area contributed by atoms with Crippen LogP contribution in [0.1, 0.15) is 5.69 Å². The molecule has 102 valence electrons. The van der Waals surface area contributed by atoms with Crippen molar-refractivity contribution in [1.29, 1.82) is 5.26 Å². The molecule has 0 aliphatic carbocycles. The average molecular weight is 295 g/mol. The summed E-state index contributed by atoms with van der Waals surface area (Å²) in [6.07, 6.45) is 0. The highest BCUT2D eigenvalue weighted by Gasteiger charge is 2.16. The van der Waals surface area contributed by atoms with Crippen LogP contribution in [-0.2, 0) is 7.05 Å². The van der Waals surface area contributed by atoms with E-state index in [-0.39, 0.29) is 5.56 Å². The summed E-state index contributed by atoms with van der Waals surface area (Å²) in [5, 5.41) is 11.3. The number of hydrogen-bond acceptors (Lipinski definition) is 2. The molecule has 0 N–H and O–H groups in total. The van der Waals surface area contributed by atoms with Gasteiger partial charge in [0.25, 0.3) is 5.56 Å². The third kappa shape index (κ3) is 2.10. The second-order valence-corrected chi connectivity index (χ2v) is 5.19. The minimum absolute atomic E-state index is 0.196. The summed E-state index contributed by atoms with van der Waals surface area (Å²) in [6, 6.07) is 16.8. The van der Waals surface area contributed by atoms with Gasteiger partial charge in [-0.3, -0.25) is 4.79 Å². The molecule has 0 amide bonds. The summed E-state index contributed by atoms with van der Waals surface area (Å²) < 4.78 is 1.39. The third-order valence-corrected chi connectivity index (χ3v) is 3.76. The van der Waals surface area contributed by atoms with Gasteiger partial charge in [-0.2, -0.15) is 5.26 Å². The van der Waals surface area contributed by atoms with Crippen LogP contribution in [0.5, 0.6) is 0 Å². The van der Waals surface area contributed by atoms with Gasteiger partial charge in [0.05, 0.1) is 0 Å². The van der Waals surface area contributed by atoms with Gasteiger partial charge in [-0.1, -0.05) is 41.9 Å². The number of rotatable bonds is 1. The quantitative estimate of drug-likeness (QED) is 0.686. The van der Waals surface area contributed by atoms with Gasteiger partial charge < -0.3 is 4.57 Å². The second kappa shape index (κ2) is 5.08. The van der Waals surface area contributed by atoms with E-state index in [0.29, 0.717) is 21.5 Å². The Morgan fingerprint density at radius 1 is 1.10 bits per heavy atom. The van der Waals surface area contributed by atoms with Crippen LogP contribution in [0.15, 0.2) is 53.3 Å². The zero-order chi connectivity index (χ0) is 15.0. The molecule has 1 aromatic heterocycles. The van der Waals surface area contributed by atoms with Crippen molar-refractivity contribution >= 4 is 22.4 Å². The topological polar surface area (TPSA) is 45.8 Å². The predicted octanol–water partition coefficient (Wildman–Crippen LogP) is 3.73. The SMILES string of the molecule is Cn1c(C#N)c(-c2ccccc2)c2cc(Cl)ccc2c1=O. The zero-order valence-corrected chi connectivity index (χ0v) is 12.1. The lowest BCUT2D eigenvalue weighted by atomic mass is 9.97. The Kier molecular flexibility index (Phi) is 3.25. The van der Waals surface area contributed by atoms with Gasteiger partial charge in [0.2, 0.25) is 0 Å². The molecule has 0 saturated carbocycles. The maximum Gasteiger partial charge on any atom is 0.259 e. The van der Waals surface area contributed by atoms with Gasteiger partial charge in [-0.25, -0.2) is 0 Å². The fourth-order valence-corrected chi connectivity index (χ4v) is 2.69. The number of aromatic nitrogens is 1. The Morgan fingerprint density at radius 2 is 1.81 bits per heavy atom. The lowest BCUT2D eigenvalue weighted by molar-refractivity contribution is 0.856. The Labute approximate surface area is 126 Å². The first kappa shape index (κ1) is 13.4. The van der Waals surface area contributed by atoms with Crippen molar-refractivity contribution in [1.82, 2.24) is 4.57 Å². The van der Waals surface area contributed by atoms with Crippen molar-refractivity contribution in [2.45, 2.75) is 0 Å². The van der Waals surface area contributed by atoms with Crippen LogP contribution < -0.4 is 5.56 Å².